The lowest BCUT2D eigenvalue weighted by atomic mass is 9.70. The number of nitrogens with zero attached hydrogens (tertiary/aromatic N) is 1. The highest BCUT2D eigenvalue weighted by Gasteiger charge is 2.40. The van der Waals surface area contributed by atoms with Crippen molar-refractivity contribution in [2.24, 2.45) is 11.8 Å². The van der Waals surface area contributed by atoms with Crippen molar-refractivity contribution in [3.05, 3.63) is 58.3 Å². The standard InChI is InChI=1S/C27H32F3NO2S/c1-5-17-10-16(4)11-18(6-2)25(17)26-22(32)12-20(13-23(26)33)19(7-3)15-34-24-9-8-21(14-31-24)27(28,29)30/h8-11,14,19-20,26H,5-7,12-13,15H2,1-4H3. The number of alkyl halides is 3. The molecule has 1 saturated carbocycles. The van der Waals surface area contributed by atoms with E-state index >= 15 is 0 Å². The molecule has 1 atom stereocenters. The smallest absolute Gasteiger partial charge is 0.299 e. The molecule has 1 fully saturated rings. The Bertz CT molecular complexity index is 990. The van der Waals surface area contributed by atoms with Gasteiger partial charge in [0.15, 0.2) is 0 Å². The van der Waals surface area contributed by atoms with Crippen LogP contribution >= 0.6 is 11.8 Å². The summed E-state index contributed by atoms with van der Waals surface area (Å²) in [4.78, 5) is 30.6. The number of aromatic nitrogens is 1. The number of pyridine rings is 1. The number of thioether (sulfide) groups is 1. The molecule has 1 aromatic carbocycles. The third-order valence-electron chi connectivity index (χ3n) is 6.82. The summed E-state index contributed by atoms with van der Waals surface area (Å²) in [5.41, 5.74) is 3.45. The van der Waals surface area contributed by atoms with E-state index in [1.165, 1.54) is 17.8 Å². The largest absolute Gasteiger partial charge is 0.417 e. The fraction of sp³-hybridized carbons (Fsp3) is 0.519. The van der Waals surface area contributed by atoms with Crippen LogP contribution in [0.3, 0.4) is 0 Å². The number of Topliss-reactive ketones (excluding diaryl/α,β-unsaturated/α-hetero) is 2. The maximum absolute atomic E-state index is 13.3. The van der Waals surface area contributed by atoms with Crippen molar-refractivity contribution in [1.29, 1.82) is 0 Å². The van der Waals surface area contributed by atoms with Crippen molar-refractivity contribution in [2.75, 3.05) is 5.75 Å². The molecule has 3 rings (SSSR count). The molecule has 0 spiro atoms. The van der Waals surface area contributed by atoms with Gasteiger partial charge in [0.25, 0.3) is 0 Å². The van der Waals surface area contributed by atoms with Crippen LogP contribution in [0.15, 0.2) is 35.5 Å². The van der Waals surface area contributed by atoms with Gasteiger partial charge in [0.05, 0.1) is 10.6 Å². The molecule has 0 aliphatic heterocycles. The van der Waals surface area contributed by atoms with Crippen LogP contribution in [0, 0.1) is 18.8 Å². The van der Waals surface area contributed by atoms with Crippen molar-refractivity contribution in [3.63, 3.8) is 0 Å². The van der Waals surface area contributed by atoms with Crippen molar-refractivity contribution in [3.8, 4) is 0 Å². The fourth-order valence-electron chi connectivity index (χ4n) is 4.98. The normalized spacial score (nSPS) is 20.0. The molecule has 1 aliphatic rings. The first-order chi connectivity index (χ1) is 16.1. The van der Waals surface area contributed by atoms with Crippen molar-refractivity contribution in [2.45, 2.75) is 76.9 Å². The van der Waals surface area contributed by atoms with Crippen LogP contribution < -0.4 is 0 Å². The Labute approximate surface area is 203 Å². The van der Waals surface area contributed by atoms with Crippen molar-refractivity contribution >= 4 is 23.3 Å². The zero-order chi connectivity index (χ0) is 25.0. The predicted octanol–water partition coefficient (Wildman–Crippen LogP) is 6.98. The molecule has 1 aromatic heterocycles. The van der Waals surface area contributed by atoms with Gasteiger partial charge in [0, 0.05) is 24.8 Å². The summed E-state index contributed by atoms with van der Waals surface area (Å²) in [5, 5.41) is 0.512. The molecular weight excluding hydrogens is 459 g/mol. The average molecular weight is 492 g/mol. The lowest BCUT2D eigenvalue weighted by Crippen LogP contribution is -2.36. The molecule has 3 nitrogen and oxygen atoms in total. The third-order valence-corrected chi connectivity index (χ3v) is 7.95. The van der Waals surface area contributed by atoms with Gasteiger partial charge in [-0.1, -0.05) is 44.9 Å². The highest BCUT2D eigenvalue weighted by molar-refractivity contribution is 7.99. The molecule has 184 valence electrons. The molecule has 34 heavy (non-hydrogen) atoms. The first-order valence-corrected chi connectivity index (χ1v) is 12.9. The third kappa shape index (κ3) is 5.91. The fourth-order valence-corrected chi connectivity index (χ4v) is 6.17. The van der Waals surface area contributed by atoms with E-state index in [-0.39, 0.29) is 23.4 Å². The molecule has 0 bridgehead atoms. The average Bonchev–Trinajstić information content (AvgIpc) is 2.79. The quantitative estimate of drug-likeness (QED) is 0.295. The number of benzene rings is 1. The van der Waals surface area contributed by atoms with E-state index in [4.69, 9.17) is 0 Å². The van der Waals surface area contributed by atoms with Crippen LogP contribution in [0.5, 0.6) is 0 Å². The van der Waals surface area contributed by atoms with Crippen LogP contribution in [0.4, 0.5) is 13.2 Å². The number of hydrogen-bond donors (Lipinski definition) is 0. The Hall–Kier alpha value is -2.15. The molecule has 1 aliphatic carbocycles. The zero-order valence-corrected chi connectivity index (χ0v) is 21.0. The van der Waals surface area contributed by atoms with Crippen molar-refractivity contribution < 1.29 is 22.8 Å². The molecule has 1 heterocycles. The van der Waals surface area contributed by atoms with Crippen LogP contribution in [0.25, 0.3) is 0 Å². The molecule has 7 heteroatoms. The van der Waals surface area contributed by atoms with E-state index in [0.29, 0.717) is 23.6 Å². The van der Waals surface area contributed by atoms with E-state index in [1.807, 2.05) is 13.8 Å². The van der Waals surface area contributed by atoms with Gasteiger partial charge in [0.1, 0.15) is 17.5 Å². The van der Waals surface area contributed by atoms with E-state index < -0.39 is 17.7 Å². The monoisotopic (exact) mass is 491 g/mol. The number of ketones is 2. The van der Waals surface area contributed by atoms with Gasteiger partial charge in [-0.25, -0.2) is 4.98 Å². The van der Waals surface area contributed by atoms with E-state index in [2.05, 4.69) is 31.0 Å². The van der Waals surface area contributed by atoms with Gasteiger partial charge in [-0.2, -0.15) is 13.2 Å². The number of carbonyl (C=O) groups excluding carboxylic acids is 2. The maximum Gasteiger partial charge on any atom is 0.417 e. The molecular formula is C27H32F3NO2S. The molecule has 0 saturated heterocycles. The van der Waals surface area contributed by atoms with E-state index in [1.54, 1.807) is 0 Å². The van der Waals surface area contributed by atoms with Gasteiger partial charge in [-0.3, -0.25) is 9.59 Å². The molecule has 0 N–H and O–H groups in total. The summed E-state index contributed by atoms with van der Waals surface area (Å²) in [5.74, 6) is -0.0313. The number of rotatable bonds is 8. The Kier molecular flexibility index (Phi) is 8.61. The summed E-state index contributed by atoms with van der Waals surface area (Å²) < 4.78 is 38.3. The predicted molar refractivity (Wildman–Crippen MR) is 129 cm³/mol. The highest BCUT2D eigenvalue weighted by Crippen LogP contribution is 2.40. The first-order valence-electron chi connectivity index (χ1n) is 11.9. The van der Waals surface area contributed by atoms with E-state index in [9.17, 15) is 22.8 Å². The van der Waals surface area contributed by atoms with Gasteiger partial charge < -0.3 is 0 Å². The summed E-state index contributed by atoms with van der Waals surface area (Å²) in [7, 11) is 0. The van der Waals surface area contributed by atoms with Gasteiger partial charge >= 0.3 is 6.18 Å². The summed E-state index contributed by atoms with van der Waals surface area (Å²) in [6.07, 6.45) is -0.508. The summed E-state index contributed by atoms with van der Waals surface area (Å²) in [6, 6.07) is 6.59. The second-order valence-corrected chi connectivity index (χ2v) is 10.1. The second-order valence-electron chi connectivity index (χ2n) is 9.10. The van der Waals surface area contributed by atoms with Crippen LogP contribution in [0.2, 0.25) is 0 Å². The molecule has 2 aromatic rings. The van der Waals surface area contributed by atoms with Gasteiger partial charge in [-0.05, 0) is 60.4 Å². The minimum Gasteiger partial charge on any atom is -0.299 e. The SMILES string of the molecule is CCc1cc(C)cc(CC)c1C1C(=O)CC(C(CC)CSc2ccc(C(F)(F)F)cn2)CC1=O. The minimum absolute atomic E-state index is 0.00870. The Morgan fingerprint density at radius 2 is 1.62 bits per heavy atom. The Morgan fingerprint density at radius 3 is 2.06 bits per heavy atom. The Morgan fingerprint density at radius 1 is 1.03 bits per heavy atom. The zero-order valence-electron chi connectivity index (χ0n) is 20.2. The van der Waals surface area contributed by atoms with E-state index in [0.717, 1.165) is 53.8 Å². The number of hydrogen-bond acceptors (Lipinski definition) is 4. The minimum atomic E-state index is -4.41. The molecule has 0 amide bonds. The topological polar surface area (TPSA) is 47.0 Å². The van der Waals surface area contributed by atoms with Gasteiger partial charge in [-0.15, -0.1) is 11.8 Å². The van der Waals surface area contributed by atoms with Crippen LogP contribution in [-0.2, 0) is 28.6 Å². The lowest BCUT2D eigenvalue weighted by Gasteiger charge is -2.33. The van der Waals surface area contributed by atoms with Gasteiger partial charge in [0.2, 0.25) is 0 Å². The van der Waals surface area contributed by atoms with Crippen LogP contribution in [-0.4, -0.2) is 22.3 Å². The number of carbonyl (C=O) groups is 2. The number of halogens is 3. The van der Waals surface area contributed by atoms with Crippen molar-refractivity contribution in [1.82, 2.24) is 4.98 Å². The Balaban J connectivity index is 1.73. The summed E-state index contributed by atoms with van der Waals surface area (Å²) >= 11 is 1.38. The second kappa shape index (κ2) is 11.1. The maximum atomic E-state index is 13.3. The first kappa shape index (κ1) is 26.5. The van der Waals surface area contributed by atoms with Crippen LogP contribution in [0.1, 0.15) is 73.8 Å². The summed E-state index contributed by atoms with van der Waals surface area (Å²) in [6.45, 7) is 8.17. The lowest BCUT2D eigenvalue weighted by molar-refractivity contribution is -0.138. The highest BCUT2D eigenvalue weighted by atomic mass is 32.2. The molecule has 0 radical (unpaired) electrons. The number of aryl methyl sites for hydroxylation is 3. The molecule has 1 unspecified atom stereocenters.